The van der Waals surface area contributed by atoms with Crippen LogP contribution in [0.4, 0.5) is 0 Å². The Morgan fingerprint density at radius 2 is 2.38 bits per heavy atom. The van der Waals surface area contributed by atoms with Gasteiger partial charge in [0.1, 0.15) is 5.82 Å². The monoisotopic (exact) mass is 179 g/mol. The smallest absolute Gasteiger partial charge is 0.250 e. The molecule has 2 rings (SSSR count). The third-order valence-corrected chi connectivity index (χ3v) is 2.87. The van der Waals surface area contributed by atoms with Gasteiger partial charge in [-0.05, 0) is 12.8 Å². The van der Waals surface area contributed by atoms with Crippen molar-refractivity contribution in [3.63, 3.8) is 0 Å². The molecule has 1 heterocycles. The van der Waals surface area contributed by atoms with E-state index in [0.717, 1.165) is 18.7 Å². The Bertz CT molecular complexity index is 348. The lowest BCUT2D eigenvalue weighted by Crippen LogP contribution is -2.43. The summed E-state index contributed by atoms with van der Waals surface area (Å²) in [5, 5.41) is 0. The number of aromatic nitrogens is 2. The van der Waals surface area contributed by atoms with Crippen molar-refractivity contribution in [2.24, 2.45) is 5.73 Å². The first-order valence-corrected chi connectivity index (χ1v) is 4.53. The predicted octanol–water partition coefficient (Wildman–Crippen LogP) is 0.150. The van der Waals surface area contributed by atoms with E-state index in [0.29, 0.717) is 6.54 Å². The third kappa shape index (κ3) is 1.27. The van der Waals surface area contributed by atoms with Gasteiger partial charge in [-0.2, -0.15) is 0 Å². The molecule has 4 nitrogen and oxygen atoms in total. The molecule has 0 bridgehead atoms. The highest BCUT2D eigenvalue weighted by Crippen LogP contribution is 2.40. The lowest BCUT2D eigenvalue weighted by atomic mass is 9.68. The Balaban J connectivity index is 2.38. The van der Waals surface area contributed by atoms with Crippen molar-refractivity contribution in [1.82, 2.24) is 9.97 Å². The molecule has 1 aromatic rings. The zero-order chi connectivity index (χ0) is 9.31. The van der Waals surface area contributed by atoms with Gasteiger partial charge in [-0.15, -0.1) is 0 Å². The topological polar surface area (TPSA) is 71.8 Å². The number of hydrogen-bond donors (Lipinski definition) is 2. The lowest BCUT2D eigenvalue weighted by Gasteiger charge is -2.39. The number of hydrogen-bond acceptors (Lipinski definition) is 3. The van der Waals surface area contributed by atoms with Gasteiger partial charge in [0.15, 0.2) is 0 Å². The van der Waals surface area contributed by atoms with Gasteiger partial charge in [0, 0.05) is 24.2 Å². The largest absolute Gasteiger partial charge is 0.329 e. The Hall–Kier alpha value is -1.16. The van der Waals surface area contributed by atoms with Gasteiger partial charge >= 0.3 is 0 Å². The number of H-pyrrole nitrogens is 1. The van der Waals surface area contributed by atoms with E-state index < -0.39 is 0 Å². The van der Waals surface area contributed by atoms with E-state index in [4.69, 9.17) is 5.73 Å². The molecule has 0 amide bonds. The summed E-state index contributed by atoms with van der Waals surface area (Å²) in [5.41, 5.74) is 5.55. The van der Waals surface area contributed by atoms with E-state index >= 15 is 0 Å². The minimum atomic E-state index is -0.0928. The number of aromatic amines is 1. The standard InChI is InChI=1S/C9H13N3O/c10-6-9(3-1-4-9)8-11-5-2-7(13)12-8/h2,5H,1,3-4,6,10H2,(H,11,12,13). The van der Waals surface area contributed by atoms with E-state index in [2.05, 4.69) is 9.97 Å². The van der Waals surface area contributed by atoms with Crippen molar-refractivity contribution in [1.29, 1.82) is 0 Å². The Morgan fingerprint density at radius 1 is 1.62 bits per heavy atom. The normalized spacial score (nSPS) is 19.5. The molecule has 0 unspecified atom stereocenters. The second-order valence-corrected chi connectivity index (χ2v) is 3.62. The molecule has 3 N–H and O–H groups in total. The molecule has 0 radical (unpaired) electrons. The average Bonchev–Trinajstić information content (AvgIpc) is 2.03. The zero-order valence-corrected chi connectivity index (χ0v) is 7.42. The van der Waals surface area contributed by atoms with Crippen LogP contribution in [0.3, 0.4) is 0 Å². The number of rotatable bonds is 2. The van der Waals surface area contributed by atoms with E-state index in [1.807, 2.05) is 0 Å². The third-order valence-electron chi connectivity index (χ3n) is 2.87. The molecule has 0 aliphatic heterocycles. The fraction of sp³-hybridized carbons (Fsp3) is 0.556. The summed E-state index contributed by atoms with van der Waals surface area (Å²) in [6, 6.07) is 1.42. The van der Waals surface area contributed by atoms with Crippen LogP contribution in [0.5, 0.6) is 0 Å². The fourth-order valence-electron chi connectivity index (χ4n) is 1.78. The van der Waals surface area contributed by atoms with Crippen molar-refractivity contribution in [2.45, 2.75) is 24.7 Å². The molecule has 1 aliphatic rings. The van der Waals surface area contributed by atoms with Crippen LogP contribution in [0, 0.1) is 0 Å². The molecule has 1 aliphatic carbocycles. The molecule has 13 heavy (non-hydrogen) atoms. The maximum absolute atomic E-state index is 11.1. The van der Waals surface area contributed by atoms with E-state index in [9.17, 15) is 4.79 Å². The van der Waals surface area contributed by atoms with Crippen LogP contribution in [-0.2, 0) is 5.41 Å². The van der Waals surface area contributed by atoms with E-state index in [1.165, 1.54) is 12.5 Å². The molecule has 0 atom stereocenters. The van der Waals surface area contributed by atoms with Crippen molar-refractivity contribution < 1.29 is 0 Å². The number of nitrogens with two attached hydrogens (primary N) is 1. The van der Waals surface area contributed by atoms with Crippen LogP contribution in [0.25, 0.3) is 0 Å². The van der Waals surface area contributed by atoms with Crippen molar-refractivity contribution >= 4 is 0 Å². The first kappa shape index (κ1) is 8.44. The molecule has 70 valence electrons. The molecule has 0 aromatic carbocycles. The minimum Gasteiger partial charge on any atom is -0.329 e. The summed E-state index contributed by atoms with van der Waals surface area (Å²) in [4.78, 5) is 18.0. The summed E-state index contributed by atoms with van der Waals surface area (Å²) in [7, 11) is 0. The summed E-state index contributed by atoms with van der Waals surface area (Å²) >= 11 is 0. The Labute approximate surface area is 76.2 Å². The molecule has 0 spiro atoms. The molecule has 1 aromatic heterocycles. The zero-order valence-electron chi connectivity index (χ0n) is 7.42. The molecular formula is C9H13N3O. The molecule has 0 saturated heterocycles. The van der Waals surface area contributed by atoms with Gasteiger partial charge in [0.2, 0.25) is 0 Å². The van der Waals surface area contributed by atoms with Gasteiger partial charge < -0.3 is 10.7 Å². The number of nitrogens with zero attached hydrogens (tertiary/aromatic N) is 1. The van der Waals surface area contributed by atoms with Crippen molar-refractivity contribution in [3.8, 4) is 0 Å². The van der Waals surface area contributed by atoms with E-state index in [1.54, 1.807) is 6.20 Å². The highest BCUT2D eigenvalue weighted by molar-refractivity contribution is 5.13. The van der Waals surface area contributed by atoms with Crippen LogP contribution in [0.2, 0.25) is 0 Å². The first-order chi connectivity index (χ1) is 6.27. The second-order valence-electron chi connectivity index (χ2n) is 3.62. The summed E-state index contributed by atoms with van der Waals surface area (Å²) < 4.78 is 0. The minimum absolute atomic E-state index is 0.0413. The van der Waals surface area contributed by atoms with Crippen LogP contribution in [0.15, 0.2) is 17.1 Å². The predicted molar refractivity (Wildman–Crippen MR) is 49.4 cm³/mol. The second kappa shape index (κ2) is 2.96. The molecular weight excluding hydrogens is 166 g/mol. The number of nitrogens with one attached hydrogen (secondary N) is 1. The van der Waals surface area contributed by atoms with Gasteiger partial charge in [-0.3, -0.25) is 4.79 Å². The highest BCUT2D eigenvalue weighted by atomic mass is 16.1. The van der Waals surface area contributed by atoms with Gasteiger partial charge in [-0.1, -0.05) is 6.42 Å². The average molecular weight is 179 g/mol. The Morgan fingerprint density at radius 3 is 2.85 bits per heavy atom. The van der Waals surface area contributed by atoms with Crippen LogP contribution in [0.1, 0.15) is 25.1 Å². The highest BCUT2D eigenvalue weighted by Gasteiger charge is 2.39. The van der Waals surface area contributed by atoms with Crippen LogP contribution in [-0.4, -0.2) is 16.5 Å². The molecule has 4 heteroatoms. The van der Waals surface area contributed by atoms with E-state index in [-0.39, 0.29) is 11.0 Å². The maximum Gasteiger partial charge on any atom is 0.250 e. The summed E-state index contributed by atoms with van der Waals surface area (Å²) in [5.74, 6) is 0.758. The van der Waals surface area contributed by atoms with Gasteiger partial charge in [0.25, 0.3) is 5.56 Å². The Kier molecular flexibility index (Phi) is 1.92. The quantitative estimate of drug-likeness (QED) is 0.678. The molecule has 1 saturated carbocycles. The van der Waals surface area contributed by atoms with Gasteiger partial charge in [-0.25, -0.2) is 4.98 Å². The van der Waals surface area contributed by atoms with Crippen molar-refractivity contribution in [2.75, 3.05) is 6.54 Å². The van der Waals surface area contributed by atoms with Crippen LogP contribution < -0.4 is 11.3 Å². The first-order valence-electron chi connectivity index (χ1n) is 4.53. The maximum atomic E-state index is 11.1. The molecule has 1 fully saturated rings. The lowest BCUT2D eigenvalue weighted by molar-refractivity contribution is 0.237. The fourth-order valence-corrected chi connectivity index (χ4v) is 1.78. The van der Waals surface area contributed by atoms with Crippen molar-refractivity contribution in [3.05, 3.63) is 28.4 Å². The summed E-state index contributed by atoms with van der Waals surface area (Å²) in [6.07, 6.45) is 4.80. The SMILES string of the molecule is NCC1(c2nccc(=O)[nH]2)CCC1. The summed E-state index contributed by atoms with van der Waals surface area (Å²) in [6.45, 7) is 0.569. The van der Waals surface area contributed by atoms with Crippen LogP contribution >= 0.6 is 0 Å². The van der Waals surface area contributed by atoms with Gasteiger partial charge in [0.05, 0.1) is 0 Å².